The minimum Gasteiger partial charge on any atom is -0.297 e. The molecule has 0 unspecified atom stereocenters. The van der Waals surface area contributed by atoms with Crippen molar-refractivity contribution in [1.82, 2.24) is 5.32 Å². The molecular weight excluding hydrogens is 224 g/mol. The van der Waals surface area contributed by atoms with Crippen molar-refractivity contribution in [3.63, 3.8) is 0 Å². The molecule has 0 saturated heterocycles. The molecule has 4 fully saturated rings. The molecule has 92 valence electrons. The van der Waals surface area contributed by atoms with E-state index in [9.17, 15) is 8.42 Å². The predicted molar refractivity (Wildman–Crippen MR) is 62.0 cm³/mol. The zero-order valence-corrected chi connectivity index (χ0v) is 10.3. The lowest BCUT2D eigenvalue weighted by atomic mass is 9.53. The van der Waals surface area contributed by atoms with Gasteiger partial charge in [-0.3, -0.25) is 5.32 Å². The van der Waals surface area contributed by atoms with Crippen LogP contribution < -0.4 is 10.5 Å². The standard InChI is InChI=1S/C11H20N2O2S/c12-16(14,15)7-13-11-4-8-1-9(5-11)3-10(2-8)6-11/h8-10,13H,1-7H2,(H2,12,14,15). The van der Waals surface area contributed by atoms with Gasteiger partial charge in [0.1, 0.15) is 5.88 Å². The molecule has 0 aliphatic heterocycles. The van der Waals surface area contributed by atoms with E-state index >= 15 is 0 Å². The maximum absolute atomic E-state index is 11.0. The minimum atomic E-state index is -3.38. The van der Waals surface area contributed by atoms with Crippen LogP contribution in [0.2, 0.25) is 0 Å². The van der Waals surface area contributed by atoms with Crippen molar-refractivity contribution >= 4 is 10.0 Å². The molecule has 0 spiro atoms. The molecule has 0 atom stereocenters. The Balaban J connectivity index is 1.74. The second-order valence-electron chi connectivity index (χ2n) is 6.18. The summed E-state index contributed by atoms with van der Waals surface area (Å²) in [5.41, 5.74) is 0.0984. The van der Waals surface area contributed by atoms with Crippen LogP contribution in [0.3, 0.4) is 0 Å². The molecule has 0 aromatic carbocycles. The highest BCUT2D eigenvalue weighted by Gasteiger charge is 2.50. The Morgan fingerprint density at radius 3 is 1.88 bits per heavy atom. The largest absolute Gasteiger partial charge is 0.297 e. The van der Waals surface area contributed by atoms with E-state index in [0.29, 0.717) is 0 Å². The number of rotatable bonds is 3. The van der Waals surface area contributed by atoms with Crippen molar-refractivity contribution < 1.29 is 8.42 Å². The van der Waals surface area contributed by atoms with Crippen LogP contribution in [-0.4, -0.2) is 19.8 Å². The monoisotopic (exact) mass is 244 g/mol. The lowest BCUT2D eigenvalue weighted by Crippen LogP contribution is -2.59. The topological polar surface area (TPSA) is 72.2 Å². The maximum Gasteiger partial charge on any atom is 0.222 e. The van der Waals surface area contributed by atoms with Gasteiger partial charge in [0.15, 0.2) is 0 Å². The Morgan fingerprint density at radius 2 is 1.50 bits per heavy atom. The van der Waals surface area contributed by atoms with E-state index in [-0.39, 0.29) is 11.4 Å². The highest BCUT2D eigenvalue weighted by atomic mass is 32.2. The normalized spacial score (nSPS) is 46.2. The van der Waals surface area contributed by atoms with Crippen molar-refractivity contribution in [3.05, 3.63) is 0 Å². The highest BCUT2D eigenvalue weighted by Crippen LogP contribution is 2.55. The number of hydrogen-bond donors (Lipinski definition) is 2. The summed E-state index contributed by atoms with van der Waals surface area (Å²) in [4.78, 5) is 0. The summed E-state index contributed by atoms with van der Waals surface area (Å²) in [7, 11) is -3.38. The highest BCUT2D eigenvalue weighted by molar-refractivity contribution is 7.89. The molecule has 5 heteroatoms. The Morgan fingerprint density at radius 1 is 1.06 bits per heavy atom. The van der Waals surface area contributed by atoms with E-state index in [1.165, 1.54) is 19.3 Å². The number of hydrogen-bond acceptors (Lipinski definition) is 3. The van der Waals surface area contributed by atoms with Gasteiger partial charge < -0.3 is 0 Å². The molecule has 4 saturated carbocycles. The van der Waals surface area contributed by atoms with Gasteiger partial charge in [0, 0.05) is 5.54 Å². The molecule has 4 aliphatic rings. The van der Waals surface area contributed by atoms with Gasteiger partial charge in [0.2, 0.25) is 10.0 Å². The average Bonchev–Trinajstić information content (AvgIpc) is 2.11. The van der Waals surface area contributed by atoms with E-state index in [2.05, 4.69) is 5.32 Å². The lowest BCUT2D eigenvalue weighted by Gasteiger charge is -2.57. The van der Waals surface area contributed by atoms with E-state index in [1.807, 2.05) is 0 Å². The summed E-state index contributed by atoms with van der Waals surface area (Å²) < 4.78 is 22.1. The van der Waals surface area contributed by atoms with Gasteiger partial charge in [-0.15, -0.1) is 0 Å². The molecule has 4 rings (SSSR count). The third-order valence-electron chi connectivity index (χ3n) is 4.69. The molecule has 16 heavy (non-hydrogen) atoms. The van der Waals surface area contributed by atoms with E-state index < -0.39 is 10.0 Å². The molecule has 4 bridgehead atoms. The van der Waals surface area contributed by atoms with Crippen LogP contribution in [0, 0.1) is 17.8 Å². The third-order valence-corrected chi connectivity index (χ3v) is 5.23. The average molecular weight is 244 g/mol. The molecular formula is C11H20N2O2S. The van der Waals surface area contributed by atoms with Gasteiger partial charge in [-0.2, -0.15) is 0 Å². The minimum absolute atomic E-state index is 0.0564. The van der Waals surface area contributed by atoms with Crippen LogP contribution in [0.25, 0.3) is 0 Å². The predicted octanol–water partition coefficient (Wildman–Crippen LogP) is 0.791. The number of nitrogens with one attached hydrogen (secondary N) is 1. The van der Waals surface area contributed by atoms with Crippen LogP contribution >= 0.6 is 0 Å². The van der Waals surface area contributed by atoms with E-state index in [0.717, 1.165) is 37.0 Å². The smallest absolute Gasteiger partial charge is 0.222 e. The fourth-order valence-corrected chi connectivity index (χ4v) is 5.09. The zero-order valence-electron chi connectivity index (χ0n) is 9.48. The van der Waals surface area contributed by atoms with Crippen LogP contribution in [0.5, 0.6) is 0 Å². The molecule has 0 radical (unpaired) electrons. The first-order valence-electron chi connectivity index (χ1n) is 6.20. The summed E-state index contributed by atoms with van der Waals surface area (Å²) >= 11 is 0. The second kappa shape index (κ2) is 3.43. The SMILES string of the molecule is NS(=O)(=O)CNC12CC3CC(CC(C3)C1)C2. The van der Waals surface area contributed by atoms with Crippen LogP contribution in [-0.2, 0) is 10.0 Å². The van der Waals surface area contributed by atoms with Crippen LogP contribution in [0.15, 0.2) is 0 Å². The summed E-state index contributed by atoms with van der Waals surface area (Å²) in [6.45, 7) is 0. The molecule has 3 N–H and O–H groups in total. The zero-order chi connectivity index (χ0) is 11.4. The fraction of sp³-hybridized carbons (Fsp3) is 1.00. The summed E-state index contributed by atoms with van der Waals surface area (Å²) in [6.07, 6.45) is 7.60. The van der Waals surface area contributed by atoms with Crippen molar-refractivity contribution in [1.29, 1.82) is 0 Å². The summed E-state index contributed by atoms with van der Waals surface area (Å²) in [5, 5.41) is 8.33. The number of nitrogens with two attached hydrogens (primary N) is 1. The van der Waals surface area contributed by atoms with Crippen LogP contribution in [0.4, 0.5) is 0 Å². The van der Waals surface area contributed by atoms with Crippen molar-refractivity contribution in [3.8, 4) is 0 Å². The summed E-state index contributed by atoms with van der Waals surface area (Å²) in [5.74, 6) is 2.44. The molecule has 4 nitrogen and oxygen atoms in total. The molecule has 0 amide bonds. The van der Waals surface area contributed by atoms with Gasteiger partial charge in [-0.05, 0) is 56.3 Å². The molecule has 0 heterocycles. The van der Waals surface area contributed by atoms with Gasteiger partial charge in [0.05, 0.1) is 0 Å². The number of sulfonamides is 1. The quantitative estimate of drug-likeness (QED) is 0.771. The molecule has 0 aromatic rings. The Kier molecular flexibility index (Phi) is 2.36. The van der Waals surface area contributed by atoms with Crippen LogP contribution in [0.1, 0.15) is 38.5 Å². The van der Waals surface area contributed by atoms with E-state index in [1.54, 1.807) is 0 Å². The van der Waals surface area contributed by atoms with Crippen molar-refractivity contribution in [2.45, 2.75) is 44.1 Å². The van der Waals surface area contributed by atoms with Gasteiger partial charge >= 0.3 is 0 Å². The van der Waals surface area contributed by atoms with E-state index in [4.69, 9.17) is 5.14 Å². The first-order valence-corrected chi connectivity index (χ1v) is 7.91. The maximum atomic E-state index is 11.0. The summed E-state index contributed by atoms with van der Waals surface area (Å²) in [6, 6.07) is 0. The third kappa shape index (κ3) is 2.00. The van der Waals surface area contributed by atoms with Gasteiger partial charge in [-0.25, -0.2) is 13.6 Å². The first kappa shape index (κ1) is 11.0. The second-order valence-corrected chi connectivity index (χ2v) is 7.80. The van der Waals surface area contributed by atoms with Gasteiger partial charge in [-0.1, -0.05) is 0 Å². The van der Waals surface area contributed by atoms with Gasteiger partial charge in [0.25, 0.3) is 0 Å². The Hall–Kier alpha value is -0.130. The molecule has 4 aliphatic carbocycles. The first-order chi connectivity index (χ1) is 7.44. The number of primary sulfonamides is 1. The lowest BCUT2D eigenvalue weighted by molar-refractivity contribution is -0.0170. The Labute approximate surface area is 97.0 Å². The fourth-order valence-electron chi connectivity index (χ4n) is 4.58. The Bertz CT molecular complexity index is 356. The molecule has 0 aromatic heterocycles. The van der Waals surface area contributed by atoms with Crippen molar-refractivity contribution in [2.24, 2.45) is 22.9 Å². The van der Waals surface area contributed by atoms with Crippen molar-refractivity contribution in [2.75, 3.05) is 5.88 Å².